The zero-order valence-electron chi connectivity index (χ0n) is 18.1. The van der Waals surface area contributed by atoms with Gasteiger partial charge in [0.15, 0.2) is 0 Å². The van der Waals surface area contributed by atoms with E-state index >= 15 is 0 Å². The van der Waals surface area contributed by atoms with Gasteiger partial charge in [0.25, 0.3) is 0 Å². The van der Waals surface area contributed by atoms with Crippen molar-refractivity contribution in [1.29, 1.82) is 0 Å². The second-order valence-electron chi connectivity index (χ2n) is 9.23. The van der Waals surface area contributed by atoms with Gasteiger partial charge in [-0.25, -0.2) is 9.18 Å². The highest BCUT2D eigenvalue weighted by atomic mass is 19.1. The van der Waals surface area contributed by atoms with Gasteiger partial charge in [0.1, 0.15) is 5.82 Å². The molecule has 0 saturated carbocycles. The van der Waals surface area contributed by atoms with Gasteiger partial charge in [-0.1, -0.05) is 12.1 Å². The Morgan fingerprint density at radius 3 is 2.40 bits per heavy atom. The Bertz CT molecular complexity index is 893. The summed E-state index contributed by atoms with van der Waals surface area (Å²) in [5, 5.41) is 3.16. The average Bonchev–Trinajstić information content (AvgIpc) is 3.22. The van der Waals surface area contributed by atoms with E-state index in [1.165, 1.54) is 12.1 Å². The van der Waals surface area contributed by atoms with Crippen molar-refractivity contribution in [2.24, 2.45) is 5.92 Å². The Labute approximate surface area is 178 Å². The van der Waals surface area contributed by atoms with Gasteiger partial charge < -0.3 is 10.2 Å². The molecule has 5 nitrogen and oxygen atoms in total. The van der Waals surface area contributed by atoms with Crippen LogP contribution in [-0.4, -0.2) is 49.2 Å². The zero-order chi connectivity index (χ0) is 21.3. The van der Waals surface area contributed by atoms with E-state index < -0.39 is 0 Å². The summed E-state index contributed by atoms with van der Waals surface area (Å²) < 4.78 is 13.3. The molecule has 1 saturated heterocycles. The van der Waals surface area contributed by atoms with Crippen molar-refractivity contribution in [2.45, 2.75) is 32.7 Å². The number of rotatable bonds is 3. The Kier molecular flexibility index (Phi) is 5.69. The number of halogens is 1. The monoisotopic (exact) mass is 410 g/mol. The van der Waals surface area contributed by atoms with Crippen LogP contribution >= 0.6 is 0 Å². The zero-order valence-corrected chi connectivity index (χ0v) is 18.1. The maximum atomic E-state index is 13.3. The summed E-state index contributed by atoms with van der Waals surface area (Å²) >= 11 is 0. The molecule has 1 fully saturated rings. The maximum Gasteiger partial charge on any atom is 0.322 e. The third-order valence-electron chi connectivity index (χ3n) is 6.17. The molecule has 0 aromatic heterocycles. The molecular weight excluding hydrogens is 379 g/mol. The molecule has 1 atom stereocenters. The normalized spacial score (nSPS) is 19.7. The van der Waals surface area contributed by atoms with Crippen LogP contribution in [0.25, 0.3) is 0 Å². The minimum atomic E-state index is -0.248. The van der Waals surface area contributed by atoms with Crippen LogP contribution < -0.4 is 15.1 Å². The molecule has 2 heterocycles. The molecule has 160 valence electrons. The van der Waals surface area contributed by atoms with E-state index in [0.717, 1.165) is 36.6 Å². The summed E-state index contributed by atoms with van der Waals surface area (Å²) in [4.78, 5) is 19.5. The number of urea groups is 1. The van der Waals surface area contributed by atoms with E-state index in [0.29, 0.717) is 25.6 Å². The molecule has 0 radical (unpaired) electrons. The number of para-hydroxylation sites is 2. The second kappa shape index (κ2) is 8.26. The fourth-order valence-corrected chi connectivity index (χ4v) is 4.40. The van der Waals surface area contributed by atoms with E-state index in [-0.39, 0.29) is 17.4 Å². The van der Waals surface area contributed by atoms with Gasteiger partial charge in [-0.15, -0.1) is 0 Å². The van der Waals surface area contributed by atoms with Crippen molar-refractivity contribution in [2.75, 3.05) is 42.5 Å². The lowest BCUT2D eigenvalue weighted by molar-refractivity contribution is 0.168. The van der Waals surface area contributed by atoms with Crippen LogP contribution in [0, 0.1) is 11.7 Å². The molecule has 4 rings (SSSR count). The molecule has 0 unspecified atom stereocenters. The molecule has 1 N–H and O–H groups in total. The van der Waals surface area contributed by atoms with E-state index in [4.69, 9.17) is 0 Å². The van der Waals surface area contributed by atoms with Gasteiger partial charge in [0.05, 0.1) is 11.4 Å². The van der Waals surface area contributed by atoms with Crippen molar-refractivity contribution < 1.29 is 9.18 Å². The van der Waals surface area contributed by atoms with Crippen LogP contribution in [-0.2, 0) is 0 Å². The molecule has 2 aliphatic rings. The summed E-state index contributed by atoms with van der Waals surface area (Å²) in [7, 11) is 0. The SMILES string of the molecule is CC(C)(C)N1CC[C@H](CNC(=O)N2CCN(c3ccc(F)cc3)c3ccccc32)C1. The topological polar surface area (TPSA) is 38.8 Å². The van der Waals surface area contributed by atoms with Gasteiger partial charge in [0.2, 0.25) is 0 Å². The molecule has 0 bridgehead atoms. The quantitative estimate of drug-likeness (QED) is 0.803. The molecule has 2 aliphatic heterocycles. The Hall–Kier alpha value is -2.60. The molecule has 0 spiro atoms. The highest BCUT2D eigenvalue weighted by molar-refractivity contribution is 5.97. The summed E-state index contributed by atoms with van der Waals surface area (Å²) in [5.41, 5.74) is 2.95. The number of hydrogen-bond acceptors (Lipinski definition) is 3. The Morgan fingerprint density at radius 1 is 1.03 bits per heavy atom. The number of hydrogen-bond donors (Lipinski definition) is 1. The van der Waals surface area contributed by atoms with Gasteiger partial charge >= 0.3 is 6.03 Å². The Balaban J connectivity index is 1.44. The first kappa shape index (κ1) is 20.7. The maximum absolute atomic E-state index is 13.3. The van der Waals surface area contributed by atoms with Gasteiger partial charge in [0, 0.05) is 37.4 Å². The molecule has 2 amide bonds. The number of nitrogens with zero attached hydrogens (tertiary/aromatic N) is 3. The van der Waals surface area contributed by atoms with Crippen molar-refractivity contribution in [3.8, 4) is 0 Å². The van der Waals surface area contributed by atoms with E-state index in [9.17, 15) is 9.18 Å². The first-order valence-corrected chi connectivity index (χ1v) is 10.8. The lowest BCUT2D eigenvalue weighted by Crippen LogP contribution is -2.48. The average molecular weight is 411 g/mol. The number of benzene rings is 2. The molecule has 6 heteroatoms. The number of nitrogens with one attached hydrogen (secondary N) is 1. The van der Waals surface area contributed by atoms with Crippen LogP contribution in [0.3, 0.4) is 0 Å². The summed E-state index contributed by atoms with van der Waals surface area (Å²) in [6.45, 7) is 10.8. The molecule has 2 aromatic carbocycles. The van der Waals surface area contributed by atoms with Gasteiger partial charge in [-0.3, -0.25) is 9.80 Å². The van der Waals surface area contributed by atoms with Crippen molar-refractivity contribution in [3.63, 3.8) is 0 Å². The second-order valence-corrected chi connectivity index (χ2v) is 9.23. The predicted octanol–water partition coefficient (Wildman–Crippen LogP) is 4.61. The standard InChI is InChI=1S/C24H31FN4O/c1-24(2,3)27-13-12-18(17-27)16-26-23(30)29-15-14-28(20-10-8-19(25)9-11-20)21-6-4-5-7-22(21)29/h4-11,18H,12-17H2,1-3H3,(H,26,30)/t18-/m1/s1. The summed E-state index contributed by atoms with van der Waals surface area (Å²) in [5.74, 6) is 0.242. The van der Waals surface area contributed by atoms with Crippen LogP contribution in [0.4, 0.5) is 26.2 Å². The number of anilines is 3. The van der Waals surface area contributed by atoms with Crippen molar-refractivity contribution in [3.05, 3.63) is 54.3 Å². The number of amides is 2. The third kappa shape index (κ3) is 4.29. The minimum absolute atomic E-state index is 0.0459. The third-order valence-corrected chi connectivity index (χ3v) is 6.17. The molecular formula is C24H31FN4O. The summed E-state index contributed by atoms with van der Waals surface area (Å²) in [6.07, 6.45) is 1.12. The number of carbonyl (C=O) groups is 1. The fourth-order valence-electron chi connectivity index (χ4n) is 4.40. The molecule has 2 aromatic rings. The van der Waals surface area contributed by atoms with Crippen molar-refractivity contribution in [1.82, 2.24) is 10.2 Å². The fraction of sp³-hybridized carbons (Fsp3) is 0.458. The number of carbonyl (C=O) groups excluding carboxylic acids is 1. The smallest absolute Gasteiger partial charge is 0.322 e. The first-order valence-electron chi connectivity index (χ1n) is 10.8. The summed E-state index contributed by atoms with van der Waals surface area (Å²) in [6, 6.07) is 14.4. The first-order chi connectivity index (χ1) is 14.3. The lowest BCUT2D eigenvalue weighted by Gasteiger charge is -2.38. The number of fused-ring (bicyclic) bond motifs is 1. The van der Waals surface area contributed by atoms with Crippen LogP contribution in [0.1, 0.15) is 27.2 Å². The van der Waals surface area contributed by atoms with Gasteiger partial charge in [-0.05, 0) is 76.1 Å². The molecule has 30 heavy (non-hydrogen) atoms. The lowest BCUT2D eigenvalue weighted by atomic mass is 10.1. The highest BCUT2D eigenvalue weighted by Gasteiger charge is 2.31. The number of likely N-dealkylation sites (tertiary alicyclic amines) is 1. The van der Waals surface area contributed by atoms with E-state index in [1.54, 1.807) is 12.1 Å². The minimum Gasteiger partial charge on any atom is -0.338 e. The highest BCUT2D eigenvalue weighted by Crippen LogP contribution is 2.37. The van der Waals surface area contributed by atoms with Gasteiger partial charge in [-0.2, -0.15) is 0 Å². The van der Waals surface area contributed by atoms with Crippen LogP contribution in [0.5, 0.6) is 0 Å². The van der Waals surface area contributed by atoms with Crippen LogP contribution in [0.2, 0.25) is 0 Å². The van der Waals surface area contributed by atoms with E-state index in [2.05, 4.69) is 35.9 Å². The van der Waals surface area contributed by atoms with E-state index in [1.807, 2.05) is 29.2 Å². The van der Waals surface area contributed by atoms with Crippen molar-refractivity contribution >= 4 is 23.1 Å². The largest absolute Gasteiger partial charge is 0.338 e. The predicted molar refractivity (Wildman–Crippen MR) is 120 cm³/mol. The molecule has 0 aliphatic carbocycles. The van der Waals surface area contributed by atoms with Crippen LogP contribution in [0.15, 0.2) is 48.5 Å². The Morgan fingerprint density at radius 2 is 1.73 bits per heavy atom.